The molecule has 36 heavy (non-hydrogen) atoms. The van der Waals surface area contributed by atoms with E-state index in [1.807, 2.05) is 86.0 Å². The molecule has 1 fully saturated rings. The van der Waals surface area contributed by atoms with Gasteiger partial charge in [-0.1, -0.05) is 80.8 Å². The highest BCUT2D eigenvalue weighted by molar-refractivity contribution is 6.00. The number of amides is 2. The fraction of sp³-hybridized carbons (Fsp3) is 0.419. The predicted octanol–water partition coefficient (Wildman–Crippen LogP) is 6.29. The summed E-state index contributed by atoms with van der Waals surface area (Å²) < 4.78 is 2.03. The number of allylic oxidation sites excluding steroid dienone is 3. The van der Waals surface area contributed by atoms with Crippen molar-refractivity contribution in [2.45, 2.75) is 77.4 Å². The van der Waals surface area contributed by atoms with Crippen LogP contribution in [0, 0.1) is 0 Å². The fourth-order valence-electron chi connectivity index (χ4n) is 5.46. The van der Waals surface area contributed by atoms with E-state index in [-0.39, 0.29) is 17.9 Å². The van der Waals surface area contributed by atoms with Crippen LogP contribution in [0.25, 0.3) is 11.3 Å². The zero-order valence-corrected chi connectivity index (χ0v) is 21.9. The van der Waals surface area contributed by atoms with Crippen molar-refractivity contribution >= 4 is 11.8 Å². The van der Waals surface area contributed by atoms with Crippen LogP contribution < -0.4 is 5.32 Å². The largest absolute Gasteiger partial charge is 0.351 e. The number of carbonyl (C=O) groups excluding carboxylic acids is 2. The number of hydrogen-bond acceptors (Lipinski definition) is 2. The summed E-state index contributed by atoms with van der Waals surface area (Å²) in [6.07, 6.45) is 12.5. The summed E-state index contributed by atoms with van der Waals surface area (Å²) in [5, 5.41) is 3.35. The maximum Gasteiger partial charge on any atom is 0.271 e. The third-order valence-corrected chi connectivity index (χ3v) is 7.76. The molecule has 190 valence electrons. The Morgan fingerprint density at radius 1 is 1.08 bits per heavy atom. The molecule has 2 aliphatic rings. The smallest absolute Gasteiger partial charge is 0.271 e. The van der Waals surface area contributed by atoms with Crippen molar-refractivity contribution in [2.24, 2.45) is 0 Å². The van der Waals surface area contributed by atoms with Gasteiger partial charge < -0.3 is 14.8 Å². The molecule has 2 amide bonds. The topological polar surface area (TPSA) is 54.3 Å². The van der Waals surface area contributed by atoms with Crippen LogP contribution in [-0.4, -0.2) is 39.4 Å². The second kappa shape index (κ2) is 11.2. The van der Waals surface area contributed by atoms with Crippen molar-refractivity contribution in [1.29, 1.82) is 0 Å². The van der Waals surface area contributed by atoms with Gasteiger partial charge in [-0.25, -0.2) is 0 Å². The Kier molecular flexibility index (Phi) is 7.97. The quantitative estimate of drug-likeness (QED) is 0.370. The molecule has 5 nitrogen and oxygen atoms in total. The number of benzene rings is 1. The van der Waals surface area contributed by atoms with Gasteiger partial charge >= 0.3 is 0 Å². The van der Waals surface area contributed by atoms with Gasteiger partial charge in [0.15, 0.2) is 0 Å². The first kappa shape index (κ1) is 25.7. The Bertz CT molecular complexity index is 1170. The van der Waals surface area contributed by atoms with Gasteiger partial charge in [0.25, 0.3) is 5.91 Å². The molecule has 5 heteroatoms. The van der Waals surface area contributed by atoms with Gasteiger partial charge in [0, 0.05) is 18.3 Å². The maximum atomic E-state index is 14.0. The van der Waals surface area contributed by atoms with Gasteiger partial charge in [0.2, 0.25) is 5.91 Å². The summed E-state index contributed by atoms with van der Waals surface area (Å²) in [5.74, 6) is -0.196. The Morgan fingerprint density at radius 3 is 2.39 bits per heavy atom. The van der Waals surface area contributed by atoms with Crippen molar-refractivity contribution in [3.8, 4) is 11.3 Å². The number of nitrogens with one attached hydrogen (secondary N) is 1. The van der Waals surface area contributed by atoms with E-state index in [2.05, 4.69) is 11.9 Å². The van der Waals surface area contributed by atoms with Crippen LogP contribution in [0.4, 0.5) is 0 Å². The Hall–Kier alpha value is -3.34. The second-order valence-corrected chi connectivity index (χ2v) is 10.3. The second-order valence-electron chi connectivity index (χ2n) is 10.3. The van der Waals surface area contributed by atoms with E-state index < -0.39 is 5.54 Å². The molecule has 1 saturated carbocycles. The van der Waals surface area contributed by atoms with E-state index >= 15 is 0 Å². The molecular weight excluding hydrogens is 446 g/mol. The van der Waals surface area contributed by atoms with Gasteiger partial charge in [0.05, 0.1) is 6.54 Å². The molecule has 1 unspecified atom stereocenters. The van der Waals surface area contributed by atoms with Crippen LogP contribution in [0.2, 0.25) is 0 Å². The SMILES string of the molecule is C=C/C(C)=C(\C=C/C)CN1C(=O)c2ccc(-c3ccccc3)n2CC1(C)C(=O)NC1CCCCCC1. The fourth-order valence-corrected chi connectivity index (χ4v) is 5.46. The summed E-state index contributed by atoms with van der Waals surface area (Å²) in [6.45, 7) is 10.6. The van der Waals surface area contributed by atoms with E-state index in [9.17, 15) is 9.59 Å². The maximum absolute atomic E-state index is 14.0. The summed E-state index contributed by atoms with van der Waals surface area (Å²) >= 11 is 0. The van der Waals surface area contributed by atoms with Crippen molar-refractivity contribution in [3.05, 3.63) is 84.1 Å². The Morgan fingerprint density at radius 2 is 1.75 bits per heavy atom. The molecule has 0 saturated heterocycles. The highest BCUT2D eigenvalue weighted by Gasteiger charge is 2.48. The van der Waals surface area contributed by atoms with Crippen LogP contribution in [0.1, 0.15) is 69.8 Å². The average Bonchev–Trinajstić information content (AvgIpc) is 3.13. The lowest BCUT2D eigenvalue weighted by Crippen LogP contribution is -2.65. The number of rotatable bonds is 7. The van der Waals surface area contributed by atoms with E-state index in [1.165, 1.54) is 12.8 Å². The monoisotopic (exact) mass is 485 g/mol. The highest BCUT2D eigenvalue weighted by Crippen LogP contribution is 2.34. The molecular formula is C31H39N3O2. The molecule has 1 aliphatic carbocycles. The molecule has 1 atom stereocenters. The summed E-state index contributed by atoms with van der Waals surface area (Å²) in [4.78, 5) is 29.8. The molecule has 1 N–H and O–H groups in total. The third-order valence-electron chi connectivity index (χ3n) is 7.76. The standard InChI is InChI=1S/C31H39N3O2/c1-5-14-25(23(3)6-2)21-34-29(35)28-20-19-27(24-15-10-9-11-16-24)33(28)22-31(34,4)30(36)32-26-17-12-7-8-13-18-26/h5-6,9-11,14-16,19-20,26H,2,7-8,12-13,17-18,21-22H2,1,3-4H3,(H,32,36)/b14-5-,25-23+. The minimum Gasteiger partial charge on any atom is -0.351 e. The Balaban J connectivity index is 1.76. The molecule has 0 radical (unpaired) electrons. The number of aromatic nitrogens is 1. The highest BCUT2D eigenvalue weighted by atomic mass is 16.2. The number of carbonyl (C=O) groups is 2. The van der Waals surface area contributed by atoms with E-state index in [0.717, 1.165) is 48.1 Å². The lowest BCUT2D eigenvalue weighted by atomic mass is 9.92. The molecule has 0 bridgehead atoms. The van der Waals surface area contributed by atoms with Gasteiger partial charge in [-0.05, 0) is 62.5 Å². The lowest BCUT2D eigenvalue weighted by Gasteiger charge is -2.45. The van der Waals surface area contributed by atoms with E-state index in [4.69, 9.17) is 0 Å². The summed E-state index contributed by atoms with van der Waals surface area (Å²) in [7, 11) is 0. The van der Waals surface area contributed by atoms with Crippen LogP contribution in [-0.2, 0) is 11.3 Å². The van der Waals surface area contributed by atoms with E-state index in [0.29, 0.717) is 18.8 Å². The molecule has 1 aliphatic heterocycles. The number of hydrogen-bond donors (Lipinski definition) is 1. The minimum atomic E-state index is -1.03. The molecule has 1 aromatic heterocycles. The van der Waals surface area contributed by atoms with Crippen LogP contribution in [0.3, 0.4) is 0 Å². The molecule has 0 spiro atoms. The van der Waals surface area contributed by atoms with Crippen molar-refractivity contribution in [1.82, 2.24) is 14.8 Å². The first-order valence-electron chi connectivity index (χ1n) is 13.2. The van der Waals surface area contributed by atoms with Gasteiger partial charge in [0.1, 0.15) is 11.2 Å². The first-order chi connectivity index (χ1) is 17.4. The molecule has 2 aromatic rings. The van der Waals surface area contributed by atoms with Crippen molar-refractivity contribution in [2.75, 3.05) is 6.54 Å². The number of nitrogens with zero attached hydrogens (tertiary/aromatic N) is 2. The zero-order chi connectivity index (χ0) is 25.7. The first-order valence-corrected chi connectivity index (χ1v) is 13.2. The van der Waals surface area contributed by atoms with Crippen molar-refractivity contribution in [3.63, 3.8) is 0 Å². The van der Waals surface area contributed by atoms with Crippen molar-refractivity contribution < 1.29 is 9.59 Å². The number of fused-ring (bicyclic) bond motifs is 1. The van der Waals surface area contributed by atoms with Crippen LogP contribution in [0.5, 0.6) is 0 Å². The molecule has 2 heterocycles. The Labute approximate surface area is 215 Å². The molecule has 4 rings (SSSR count). The summed E-state index contributed by atoms with van der Waals surface area (Å²) in [6, 6.07) is 14.1. The van der Waals surface area contributed by atoms with E-state index in [1.54, 1.807) is 4.90 Å². The van der Waals surface area contributed by atoms with Gasteiger partial charge in [-0.2, -0.15) is 0 Å². The van der Waals surface area contributed by atoms with Gasteiger partial charge in [-0.3, -0.25) is 9.59 Å². The predicted molar refractivity (Wildman–Crippen MR) is 147 cm³/mol. The molecule has 1 aromatic carbocycles. The van der Waals surface area contributed by atoms with Gasteiger partial charge in [-0.15, -0.1) is 0 Å². The summed E-state index contributed by atoms with van der Waals surface area (Å²) in [5.41, 5.74) is 3.56. The average molecular weight is 486 g/mol. The lowest BCUT2D eigenvalue weighted by molar-refractivity contribution is -0.133. The van der Waals surface area contributed by atoms with Crippen LogP contribution in [0.15, 0.2) is 78.4 Å². The third kappa shape index (κ3) is 5.11. The normalized spacial score (nSPS) is 21.6. The van der Waals surface area contributed by atoms with Crippen LogP contribution >= 0.6 is 0 Å². The minimum absolute atomic E-state index is 0.0720. The zero-order valence-electron chi connectivity index (χ0n) is 21.9.